The molecule has 1 N–H and O–H groups in total. The van der Waals surface area contributed by atoms with Gasteiger partial charge in [-0.15, -0.1) is 0 Å². The van der Waals surface area contributed by atoms with Crippen LogP contribution in [0.4, 0.5) is 5.69 Å². The molecular formula is C16H17ClN4. The van der Waals surface area contributed by atoms with E-state index < -0.39 is 0 Å². The van der Waals surface area contributed by atoms with E-state index in [9.17, 15) is 0 Å². The van der Waals surface area contributed by atoms with E-state index in [0.717, 1.165) is 27.6 Å². The SMILES string of the molecule is CC(C)n1c(CNc2cccc(Cl)c2)nc2cnccc21. The normalized spacial score (nSPS) is 11.2. The van der Waals surface area contributed by atoms with Crippen molar-refractivity contribution in [2.24, 2.45) is 0 Å². The Hall–Kier alpha value is -2.07. The molecule has 0 bridgehead atoms. The van der Waals surface area contributed by atoms with Crippen LogP contribution in [-0.2, 0) is 6.54 Å². The number of fused-ring (bicyclic) bond motifs is 1. The number of rotatable bonds is 4. The molecule has 0 saturated heterocycles. The number of imidazole rings is 1. The summed E-state index contributed by atoms with van der Waals surface area (Å²) in [5.41, 5.74) is 3.03. The Morgan fingerprint density at radius 2 is 2.14 bits per heavy atom. The molecule has 0 amide bonds. The molecule has 2 heterocycles. The second-order valence-corrected chi connectivity index (χ2v) is 5.66. The highest BCUT2D eigenvalue weighted by Gasteiger charge is 2.12. The summed E-state index contributed by atoms with van der Waals surface area (Å²) in [7, 11) is 0. The van der Waals surface area contributed by atoms with Crippen LogP contribution in [0.1, 0.15) is 25.7 Å². The molecule has 0 aliphatic carbocycles. The molecule has 0 aliphatic rings. The number of hydrogen-bond acceptors (Lipinski definition) is 3. The lowest BCUT2D eigenvalue weighted by Crippen LogP contribution is -2.10. The molecule has 0 atom stereocenters. The maximum atomic E-state index is 6.00. The third-order valence-corrected chi connectivity index (χ3v) is 3.59. The second kappa shape index (κ2) is 5.74. The molecule has 1 aromatic carbocycles. The Balaban J connectivity index is 1.91. The lowest BCUT2D eigenvalue weighted by molar-refractivity contribution is 0.589. The van der Waals surface area contributed by atoms with Gasteiger partial charge in [0.2, 0.25) is 0 Å². The van der Waals surface area contributed by atoms with E-state index in [1.165, 1.54) is 0 Å². The van der Waals surface area contributed by atoms with E-state index in [0.29, 0.717) is 12.6 Å². The number of benzene rings is 1. The predicted octanol–water partition coefficient (Wildman–Crippen LogP) is 4.28. The first-order valence-electron chi connectivity index (χ1n) is 6.95. The van der Waals surface area contributed by atoms with E-state index in [4.69, 9.17) is 11.6 Å². The molecular weight excluding hydrogens is 284 g/mol. The van der Waals surface area contributed by atoms with Gasteiger partial charge in [0.1, 0.15) is 11.3 Å². The fourth-order valence-electron chi connectivity index (χ4n) is 2.48. The highest BCUT2D eigenvalue weighted by atomic mass is 35.5. The van der Waals surface area contributed by atoms with Crippen molar-refractivity contribution in [1.82, 2.24) is 14.5 Å². The van der Waals surface area contributed by atoms with Gasteiger partial charge in [-0.3, -0.25) is 4.98 Å². The van der Waals surface area contributed by atoms with E-state index >= 15 is 0 Å². The first kappa shape index (κ1) is 13.9. The first-order valence-corrected chi connectivity index (χ1v) is 7.33. The minimum absolute atomic E-state index is 0.341. The lowest BCUT2D eigenvalue weighted by atomic mass is 10.3. The Morgan fingerprint density at radius 1 is 1.29 bits per heavy atom. The predicted molar refractivity (Wildman–Crippen MR) is 86.7 cm³/mol. The minimum Gasteiger partial charge on any atom is -0.378 e. The van der Waals surface area contributed by atoms with Gasteiger partial charge >= 0.3 is 0 Å². The lowest BCUT2D eigenvalue weighted by Gasteiger charge is -2.14. The highest BCUT2D eigenvalue weighted by molar-refractivity contribution is 6.30. The van der Waals surface area contributed by atoms with Gasteiger partial charge in [-0.05, 0) is 38.1 Å². The van der Waals surface area contributed by atoms with Crippen molar-refractivity contribution in [2.45, 2.75) is 26.4 Å². The van der Waals surface area contributed by atoms with Crippen LogP contribution in [0.5, 0.6) is 0 Å². The van der Waals surface area contributed by atoms with Crippen molar-refractivity contribution in [1.29, 1.82) is 0 Å². The molecule has 0 aliphatic heterocycles. The summed E-state index contributed by atoms with van der Waals surface area (Å²) in [6.07, 6.45) is 3.61. The summed E-state index contributed by atoms with van der Waals surface area (Å²) < 4.78 is 2.23. The largest absolute Gasteiger partial charge is 0.378 e. The molecule has 0 spiro atoms. The molecule has 21 heavy (non-hydrogen) atoms. The van der Waals surface area contributed by atoms with Gasteiger partial charge in [0.25, 0.3) is 0 Å². The smallest absolute Gasteiger partial charge is 0.129 e. The second-order valence-electron chi connectivity index (χ2n) is 5.22. The summed E-state index contributed by atoms with van der Waals surface area (Å²) in [5, 5.41) is 4.09. The monoisotopic (exact) mass is 300 g/mol. The number of anilines is 1. The van der Waals surface area contributed by atoms with Crippen LogP contribution >= 0.6 is 11.6 Å². The maximum absolute atomic E-state index is 6.00. The average Bonchev–Trinajstić information content (AvgIpc) is 2.83. The fraction of sp³-hybridized carbons (Fsp3) is 0.250. The molecule has 4 nitrogen and oxygen atoms in total. The third-order valence-electron chi connectivity index (χ3n) is 3.36. The van der Waals surface area contributed by atoms with Crippen molar-refractivity contribution in [3.05, 3.63) is 53.6 Å². The van der Waals surface area contributed by atoms with Gasteiger partial charge in [0.15, 0.2) is 0 Å². The van der Waals surface area contributed by atoms with E-state index in [2.05, 4.69) is 33.7 Å². The van der Waals surface area contributed by atoms with Gasteiger partial charge in [-0.25, -0.2) is 4.98 Å². The van der Waals surface area contributed by atoms with E-state index in [-0.39, 0.29) is 0 Å². The number of hydrogen-bond donors (Lipinski definition) is 1. The van der Waals surface area contributed by atoms with Crippen LogP contribution < -0.4 is 5.32 Å². The zero-order valence-corrected chi connectivity index (χ0v) is 12.8. The van der Waals surface area contributed by atoms with Crippen LogP contribution in [0.15, 0.2) is 42.7 Å². The van der Waals surface area contributed by atoms with Gasteiger partial charge in [0.05, 0.1) is 18.3 Å². The number of nitrogens with zero attached hydrogens (tertiary/aromatic N) is 3. The fourth-order valence-corrected chi connectivity index (χ4v) is 2.67. The zero-order valence-electron chi connectivity index (χ0n) is 12.0. The molecule has 0 saturated carbocycles. The number of pyridine rings is 1. The van der Waals surface area contributed by atoms with Gasteiger partial charge in [0, 0.05) is 22.9 Å². The van der Waals surface area contributed by atoms with Gasteiger partial charge in [-0.1, -0.05) is 17.7 Å². The van der Waals surface area contributed by atoms with Crippen LogP contribution in [0, 0.1) is 0 Å². The molecule has 0 unspecified atom stereocenters. The van der Waals surface area contributed by atoms with Gasteiger partial charge in [-0.2, -0.15) is 0 Å². The van der Waals surface area contributed by atoms with Crippen molar-refractivity contribution >= 4 is 28.3 Å². The molecule has 108 valence electrons. The molecule has 5 heteroatoms. The van der Waals surface area contributed by atoms with Crippen LogP contribution in [0.2, 0.25) is 5.02 Å². The number of aromatic nitrogens is 3. The van der Waals surface area contributed by atoms with Crippen LogP contribution in [-0.4, -0.2) is 14.5 Å². The average molecular weight is 301 g/mol. The standard InChI is InChI=1S/C16H17ClN4/c1-11(2)21-15-6-7-18-9-14(15)20-16(21)10-19-13-5-3-4-12(17)8-13/h3-9,11,19H,10H2,1-2H3. The summed E-state index contributed by atoms with van der Waals surface area (Å²) in [5.74, 6) is 0.993. The number of halogens is 1. The minimum atomic E-state index is 0.341. The quantitative estimate of drug-likeness (QED) is 0.782. The summed E-state index contributed by atoms with van der Waals surface area (Å²) in [4.78, 5) is 8.82. The van der Waals surface area contributed by atoms with E-state index in [1.54, 1.807) is 12.4 Å². The topological polar surface area (TPSA) is 42.7 Å². The van der Waals surface area contributed by atoms with Crippen LogP contribution in [0.25, 0.3) is 11.0 Å². The third kappa shape index (κ3) is 2.85. The Kier molecular flexibility index (Phi) is 3.80. The zero-order chi connectivity index (χ0) is 14.8. The highest BCUT2D eigenvalue weighted by Crippen LogP contribution is 2.21. The van der Waals surface area contributed by atoms with Crippen molar-refractivity contribution in [3.63, 3.8) is 0 Å². The maximum Gasteiger partial charge on any atom is 0.129 e. The molecule has 0 fully saturated rings. The number of nitrogens with one attached hydrogen (secondary N) is 1. The Labute approximate surface area is 128 Å². The molecule has 3 aromatic rings. The van der Waals surface area contributed by atoms with Crippen molar-refractivity contribution < 1.29 is 0 Å². The molecule has 2 aromatic heterocycles. The molecule has 0 radical (unpaired) electrons. The van der Waals surface area contributed by atoms with E-state index in [1.807, 2.05) is 30.3 Å². The summed E-state index contributed by atoms with van der Waals surface area (Å²) in [6.45, 7) is 4.96. The summed E-state index contributed by atoms with van der Waals surface area (Å²) >= 11 is 6.00. The van der Waals surface area contributed by atoms with Gasteiger partial charge < -0.3 is 9.88 Å². The van der Waals surface area contributed by atoms with Crippen LogP contribution in [0.3, 0.4) is 0 Å². The van der Waals surface area contributed by atoms with Crippen molar-refractivity contribution in [2.75, 3.05) is 5.32 Å². The Morgan fingerprint density at radius 3 is 2.90 bits per heavy atom. The Bertz CT molecular complexity index is 764. The summed E-state index contributed by atoms with van der Waals surface area (Å²) in [6, 6.07) is 10.0. The molecule has 3 rings (SSSR count). The van der Waals surface area contributed by atoms with Crippen molar-refractivity contribution in [3.8, 4) is 0 Å². The first-order chi connectivity index (χ1) is 10.1.